The van der Waals surface area contributed by atoms with Crippen LogP contribution in [0.15, 0.2) is 0 Å². The molecule has 0 heterocycles. The molecule has 0 N–H and O–H groups in total. The second kappa shape index (κ2) is 2.49. The summed E-state index contributed by atoms with van der Waals surface area (Å²) in [5.74, 6) is 4.04. The van der Waals surface area contributed by atoms with Gasteiger partial charge in [-0.1, -0.05) is 27.7 Å². The van der Waals surface area contributed by atoms with Gasteiger partial charge in [-0.15, -0.1) is 0 Å². The Morgan fingerprint density at radius 3 is 2.25 bits per heavy atom. The smallest absolute Gasteiger partial charge is 0.0295 e. The molecule has 0 aromatic carbocycles. The first-order valence-corrected chi connectivity index (χ1v) is 5.53. The molecule has 2 saturated carbocycles. The minimum atomic E-state index is 0.626. The molecule has 0 nitrogen and oxygen atoms in total. The Kier molecular flexibility index (Phi) is 1.79. The molecule has 4 atom stereocenters. The van der Waals surface area contributed by atoms with Gasteiger partial charge in [0.25, 0.3) is 0 Å². The van der Waals surface area contributed by atoms with Crippen LogP contribution in [-0.2, 0) is 0 Å². The second-order valence-electron chi connectivity index (χ2n) is 5.77. The topological polar surface area (TPSA) is 0 Å². The molecule has 0 spiro atoms. The number of hydrogen-bond acceptors (Lipinski definition) is 0. The highest BCUT2D eigenvalue weighted by molar-refractivity contribution is 4.99. The van der Waals surface area contributed by atoms with Crippen LogP contribution in [0.2, 0.25) is 0 Å². The van der Waals surface area contributed by atoms with Gasteiger partial charge in [0, 0.05) is 0 Å². The molecule has 0 aromatic rings. The van der Waals surface area contributed by atoms with E-state index in [0.717, 1.165) is 23.7 Å². The average Bonchev–Trinajstić information content (AvgIpc) is 1.92. The quantitative estimate of drug-likeness (QED) is 0.514. The molecule has 0 bridgehead atoms. The SMILES string of the molecule is CC1CC2CCC2C(C)(C)C1C. The predicted molar refractivity (Wildman–Crippen MR) is 52.9 cm³/mol. The van der Waals surface area contributed by atoms with E-state index in [-0.39, 0.29) is 0 Å². The van der Waals surface area contributed by atoms with Crippen LogP contribution < -0.4 is 0 Å². The number of rotatable bonds is 0. The van der Waals surface area contributed by atoms with E-state index < -0.39 is 0 Å². The fourth-order valence-corrected chi connectivity index (χ4v) is 3.58. The molecular weight excluding hydrogens is 144 g/mol. The Morgan fingerprint density at radius 1 is 1.08 bits per heavy atom. The minimum absolute atomic E-state index is 0.626. The van der Waals surface area contributed by atoms with Crippen molar-refractivity contribution in [3.63, 3.8) is 0 Å². The Balaban J connectivity index is 2.18. The van der Waals surface area contributed by atoms with Gasteiger partial charge < -0.3 is 0 Å². The molecule has 0 saturated heterocycles. The third kappa shape index (κ3) is 0.963. The second-order valence-corrected chi connectivity index (χ2v) is 5.77. The fraction of sp³-hybridized carbons (Fsp3) is 1.00. The Hall–Kier alpha value is 0. The molecule has 0 amide bonds. The van der Waals surface area contributed by atoms with Gasteiger partial charge in [-0.3, -0.25) is 0 Å². The summed E-state index contributed by atoms with van der Waals surface area (Å²) in [6, 6.07) is 0. The van der Waals surface area contributed by atoms with E-state index in [4.69, 9.17) is 0 Å². The summed E-state index contributed by atoms with van der Waals surface area (Å²) >= 11 is 0. The lowest BCUT2D eigenvalue weighted by Gasteiger charge is -2.57. The van der Waals surface area contributed by atoms with Crippen LogP contribution in [-0.4, -0.2) is 0 Å². The largest absolute Gasteiger partial charge is 0.0622 e. The van der Waals surface area contributed by atoms with Gasteiger partial charge in [-0.2, -0.15) is 0 Å². The van der Waals surface area contributed by atoms with Crippen molar-refractivity contribution in [3.8, 4) is 0 Å². The third-order valence-corrected chi connectivity index (χ3v) is 5.07. The maximum Gasteiger partial charge on any atom is -0.0295 e. The van der Waals surface area contributed by atoms with Crippen LogP contribution in [0.5, 0.6) is 0 Å². The van der Waals surface area contributed by atoms with Crippen LogP contribution in [0.4, 0.5) is 0 Å². The van der Waals surface area contributed by atoms with Crippen LogP contribution in [0.1, 0.15) is 47.0 Å². The Bertz CT molecular complexity index is 172. The zero-order valence-electron chi connectivity index (χ0n) is 8.93. The first kappa shape index (κ1) is 8.59. The molecule has 0 radical (unpaired) electrons. The molecule has 0 aliphatic heterocycles. The molecule has 4 unspecified atom stereocenters. The van der Waals surface area contributed by atoms with Crippen molar-refractivity contribution in [1.29, 1.82) is 0 Å². The highest BCUT2D eigenvalue weighted by Crippen LogP contribution is 2.58. The normalized spacial score (nSPS) is 51.0. The van der Waals surface area contributed by atoms with Crippen molar-refractivity contribution < 1.29 is 0 Å². The van der Waals surface area contributed by atoms with Crippen molar-refractivity contribution in [2.24, 2.45) is 29.1 Å². The number of fused-ring (bicyclic) bond motifs is 1. The van der Waals surface area contributed by atoms with E-state index in [1.54, 1.807) is 0 Å². The maximum atomic E-state index is 2.49. The molecule has 12 heavy (non-hydrogen) atoms. The monoisotopic (exact) mass is 166 g/mol. The lowest BCUT2D eigenvalue weighted by Crippen LogP contribution is -2.49. The molecule has 2 aliphatic rings. The predicted octanol–water partition coefficient (Wildman–Crippen LogP) is 3.71. The van der Waals surface area contributed by atoms with Gasteiger partial charge in [0.05, 0.1) is 0 Å². The van der Waals surface area contributed by atoms with Crippen LogP contribution in [0, 0.1) is 29.1 Å². The van der Waals surface area contributed by atoms with Crippen LogP contribution >= 0.6 is 0 Å². The van der Waals surface area contributed by atoms with Crippen molar-refractivity contribution in [3.05, 3.63) is 0 Å². The first-order chi connectivity index (χ1) is 5.53. The summed E-state index contributed by atoms with van der Waals surface area (Å²) in [4.78, 5) is 0. The highest BCUT2D eigenvalue weighted by Gasteiger charge is 2.50. The van der Waals surface area contributed by atoms with Gasteiger partial charge in [0.15, 0.2) is 0 Å². The fourth-order valence-electron chi connectivity index (χ4n) is 3.58. The lowest BCUT2D eigenvalue weighted by molar-refractivity contribution is -0.0731. The van der Waals surface area contributed by atoms with Crippen molar-refractivity contribution in [2.75, 3.05) is 0 Å². The summed E-state index contributed by atoms with van der Waals surface area (Å²) in [7, 11) is 0. The summed E-state index contributed by atoms with van der Waals surface area (Å²) in [6.07, 6.45) is 4.54. The van der Waals surface area contributed by atoms with E-state index in [1.807, 2.05) is 0 Å². The van der Waals surface area contributed by atoms with E-state index in [0.29, 0.717) is 5.41 Å². The van der Waals surface area contributed by atoms with Gasteiger partial charge in [-0.25, -0.2) is 0 Å². The zero-order chi connectivity index (χ0) is 8.93. The highest BCUT2D eigenvalue weighted by atomic mass is 14.5. The molecular formula is C12H22. The van der Waals surface area contributed by atoms with E-state index in [2.05, 4.69) is 27.7 Å². The van der Waals surface area contributed by atoms with Crippen molar-refractivity contribution in [1.82, 2.24) is 0 Å². The molecule has 0 heteroatoms. The molecule has 2 aliphatic carbocycles. The zero-order valence-corrected chi connectivity index (χ0v) is 8.93. The van der Waals surface area contributed by atoms with Crippen LogP contribution in [0.3, 0.4) is 0 Å². The van der Waals surface area contributed by atoms with Crippen molar-refractivity contribution >= 4 is 0 Å². The third-order valence-electron chi connectivity index (χ3n) is 5.07. The van der Waals surface area contributed by atoms with Gasteiger partial charge >= 0.3 is 0 Å². The first-order valence-electron chi connectivity index (χ1n) is 5.53. The molecule has 70 valence electrons. The lowest BCUT2D eigenvalue weighted by atomic mass is 9.48. The van der Waals surface area contributed by atoms with Crippen molar-refractivity contribution in [2.45, 2.75) is 47.0 Å². The van der Waals surface area contributed by atoms with Gasteiger partial charge in [-0.05, 0) is 48.3 Å². The van der Waals surface area contributed by atoms with E-state index >= 15 is 0 Å². The average molecular weight is 166 g/mol. The molecule has 0 aromatic heterocycles. The summed E-state index contributed by atoms with van der Waals surface area (Å²) in [5, 5.41) is 0. The van der Waals surface area contributed by atoms with Gasteiger partial charge in [0.1, 0.15) is 0 Å². The Labute approximate surface area is 76.7 Å². The maximum absolute atomic E-state index is 2.49. The van der Waals surface area contributed by atoms with Crippen LogP contribution in [0.25, 0.3) is 0 Å². The molecule has 2 fully saturated rings. The summed E-state index contributed by atoms with van der Waals surface area (Å²) in [5.41, 5.74) is 0.626. The minimum Gasteiger partial charge on any atom is -0.0622 e. The van der Waals surface area contributed by atoms with E-state index in [9.17, 15) is 0 Å². The number of hydrogen-bond donors (Lipinski definition) is 0. The van der Waals surface area contributed by atoms with E-state index in [1.165, 1.54) is 19.3 Å². The Morgan fingerprint density at radius 2 is 1.75 bits per heavy atom. The summed E-state index contributed by atoms with van der Waals surface area (Å²) < 4.78 is 0. The van der Waals surface area contributed by atoms with Gasteiger partial charge in [0.2, 0.25) is 0 Å². The summed E-state index contributed by atoms with van der Waals surface area (Å²) in [6.45, 7) is 9.88. The standard InChI is InChI=1S/C12H22/c1-8-7-10-5-6-11(10)12(3,4)9(8)2/h8-11H,5-7H2,1-4H3. The molecule has 2 rings (SSSR count).